The molecule has 4 heteroatoms. The van der Waals surface area contributed by atoms with E-state index in [0.29, 0.717) is 4.47 Å². The molecule has 0 spiro atoms. The highest BCUT2D eigenvalue weighted by Gasteiger charge is 1.98. The second-order valence-corrected chi connectivity index (χ2v) is 2.64. The number of pyridine rings is 1. The first-order valence-electron chi connectivity index (χ1n) is 2.51. The Morgan fingerprint density at radius 2 is 2.22 bits per heavy atom. The van der Waals surface area contributed by atoms with Crippen molar-refractivity contribution in [1.29, 1.82) is 0 Å². The lowest BCUT2D eigenvalue weighted by molar-refractivity contribution is 0.475. The van der Waals surface area contributed by atoms with E-state index in [-0.39, 0.29) is 5.75 Å². The Labute approximate surface area is 62.5 Å². The number of hydrogen-bond donors (Lipinski definition) is 1. The molecular weight excluding hydrogens is 181 g/mol. The molecule has 0 aliphatic carbocycles. The molecule has 0 aromatic carbocycles. The lowest BCUT2D eigenvalue weighted by Crippen LogP contribution is -2.03. The first-order valence-corrected chi connectivity index (χ1v) is 3.30. The van der Waals surface area contributed by atoms with Crippen molar-refractivity contribution in [3.05, 3.63) is 16.9 Å². The highest BCUT2D eigenvalue weighted by Crippen LogP contribution is 2.17. The van der Waals surface area contributed by atoms with E-state index in [0.717, 1.165) is 5.46 Å². The standard InChI is InChI=1S/C5H5BBrNO/c6-3-1-8-2-4(7)5(3)9/h1-2H,6H2,(H,8,9). The van der Waals surface area contributed by atoms with Crippen LogP contribution in [0.4, 0.5) is 0 Å². The number of halogens is 1. The van der Waals surface area contributed by atoms with Crippen LogP contribution in [-0.2, 0) is 0 Å². The maximum absolute atomic E-state index is 9.12. The van der Waals surface area contributed by atoms with Crippen molar-refractivity contribution >= 4 is 29.2 Å². The molecule has 9 heavy (non-hydrogen) atoms. The average Bonchev–Trinajstić information content (AvgIpc) is 1.83. The molecule has 1 aromatic rings. The summed E-state index contributed by atoms with van der Waals surface area (Å²) < 4.78 is 0.641. The second-order valence-electron chi connectivity index (χ2n) is 1.79. The molecule has 1 heterocycles. The smallest absolute Gasteiger partial charge is 0.146 e. The fourth-order valence-corrected chi connectivity index (χ4v) is 0.956. The van der Waals surface area contributed by atoms with Gasteiger partial charge in [0, 0.05) is 12.4 Å². The van der Waals surface area contributed by atoms with Crippen LogP contribution in [0.5, 0.6) is 5.75 Å². The SMILES string of the molecule is Bc1cncc(Br)c1O. The molecule has 0 saturated carbocycles. The molecule has 1 rings (SSSR count). The monoisotopic (exact) mass is 185 g/mol. The average molecular weight is 186 g/mol. The van der Waals surface area contributed by atoms with Crippen LogP contribution in [0.1, 0.15) is 0 Å². The Morgan fingerprint density at radius 1 is 1.56 bits per heavy atom. The summed E-state index contributed by atoms with van der Waals surface area (Å²) in [5.74, 6) is 0.269. The topological polar surface area (TPSA) is 33.1 Å². The van der Waals surface area contributed by atoms with Gasteiger partial charge in [0.05, 0.1) is 4.47 Å². The molecule has 0 saturated heterocycles. The zero-order valence-corrected chi connectivity index (χ0v) is 6.51. The number of hydrogen-bond acceptors (Lipinski definition) is 2. The summed E-state index contributed by atoms with van der Waals surface area (Å²) in [5, 5.41) is 9.12. The third-order valence-corrected chi connectivity index (χ3v) is 1.64. The number of rotatable bonds is 0. The van der Waals surface area contributed by atoms with E-state index in [1.165, 1.54) is 0 Å². The van der Waals surface area contributed by atoms with Crippen LogP contribution in [0, 0.1) is 0 Å². The molecule has 0 atom stereocenters. The molecular formula is C5H5BBrNO. The van der Waals surface area contributed by atoms with Crippen LogP contribution in [0.2, 0.25) is 0 Å². The highest BCUT2D eigenvalue weighted by atomic mass is 79.9. The Morgan fingerprint density at radius 3 is 2.67 bits per heavy atom. The minimum Gasteiger partial charge on any atom is -0.507 e. The summed E-state index contributed by atoms with van der Waals surface area (Å²) in [4.78, 5) is 3.84. The Bertz CT molecular complexity index is 208. The maximum atomic E-state index is 9.12. The third kappa shape index (κ3) is 1.24. The van der Waals surface area contributed by atoms with Gasteiger partial charge in [-0.15, -0.1) is 0 Å². The van der Waals surface area contributed by atoms with Crippen molar-refractivity contribution in [3.8, 4) is 5.75 Å². The van der Waals surface area contributed by atoms with Crippen molar-refractivity contribution in [2.75, 3.05) is 0 Å². The van der Waals surface area contributed by atoms with Gasteiger partial charge in [-0.2, -0.15) is 0 Å². The molecule has 1 aromatic heterocycles. The molecule has 0 fully saturated rings. The van der Waals surface area contributed by atoms with E-state index in [2.05, 4.69) is 20.9 Å². The lowest BCUT2D eigenvalue weighted by atomic mass is 9.98. The van der Waals surface area contributed by atoms with E-state index in [1.807, 2.05) is 0 Å². The molecule has 0 bridgehead atoms. The fraction of sp³-hybridized carbons (Fsp3) is 0. The zero-order valence-electron chi connectivity index (χ0n) is 4.93. The second kappa shape index (κ2) is 2.39. The van der Waals surface area contributed by atoms with Crippen LogP contribution in [0.3, 0.4) is 0 Å². The van der Waals surface area contributed by atoms with Gasteiger partial charge in [0.1, 0.15) is 13.6 Å². The quantitative estimate of drug-likeness (QED) is 0.569. The summed E-state index contributed by atoms with van der Waals surface area (Å²) in [6, 6.07) is 0. The minimum atomic E-state index is 0.269. The Balaban J connectivity index is 3.25. The normalized spacial score (nSPS) is 9.44. The van der Waals surface area contributed by atoms with E-state index < -0.39 is 0 Å². The maximum Gasteiger partial charge on any atom is 0.146 e. The molecule has 0 radical (unpaired) electrons. The van der Waals surface area contributed by atoms with Crippen LogP contribution in [0.25, 0.3) is 0 Å². The van der Waals surface area contributed by atoms with Gasteiger partial charge in [0.15, 0.2) is 0 Å². The third-order valence-electron chi connectivity index (χ3n) is 1.06. The Kier molecular flexibility index (Phi) is 1.76. The number of aromatic nitrogens is 1. The zero-order chi connectivity index (χ0) is 6.85. The first-order chi connectivity index (χ1) is 4.22. The molecule has 1 N–H and O–H groups in total. The predicted octanol–water partition coefficient (Wildman–Crippen LogP) is -0.192. The van der Waals surface area contributed by atoms with Crippen LogP contribution >= 0.6 is 15.9 Å². The van der Waals surface area contributed by atoms with E-state index >= 15 is 0 Å². The van der Waals surface area contributed by atoms with Gasteiger partial charge in [-0.1, -0.05) is 0 Å². The first kappa shape index (κ1) is 6.61. The van der Waals surface area contributed by atoms with E-state index in [9.17, 15) is 0 Å². The summed E-state index contributed by atoms with van der Waals surface area (Å²) in [7, 11) is 1.80. The summed E-state index contributed by atoms with van der Waals surface area (Å²) in [6.45, 7) is 0. The van der Waals surface area contributed by atoms with Gasteiger partial charge in [0.2, 0.25) is 0 Å². The lowest BCUT2D eigenvalue weighted by Gasteiger charge is -1.97. The van der Waals surface area contributed by atoms with Crippen LogP contribution in [-0.4, -0.2) is 17.9 Å². The highest BCUT2D eigenvalue weighted by molar-refractivity contribution is 9.10. The molecule has 0 unspecified atom stereocenters. The minimum absolute atomic E-state index is 0.269. The Hall–Kier alpha value is -0.505. The van der Waals surface area contributed by atoms with Crippen molar-refractivity contribution in [1.82, 2.24) is 4.98 Å². The summed E-state index contributed by atoms with van der Waals surface area (Å²) >= 11 is 3.13. The number of aromatic hydroxyl groups is 1. The number of nitrogens with zero attached hydrogens (tertiary/aromatic N) is 1. The summed E-state index contributed by atoms with van der Waals surface area (Å²) in [6.07, 6.45) is 3.17. The van der Waals surface area contributed by atoms with Crippen molar-refractivity contribution in [2.24, 2.45) is 0 Å². The van der Waals surface area contributed by atoms with Crippen molar-refractivity contribution < 1.29 is 5.11 Å². The molecule has 46 valence electrons. The van der Waals surface area contributed by atoms with Gasteiger partial charge in [0.25, 0.3) is 0 Å². The fourth-order valence-electron chi connectivity index (χ4n) is 0.525. The molecule has 0 aliphatic rings. The molecule has 0 aliphatic heterocycles. The van der Waals surface area contributed by atoms with Gasteiger partial charge >= 0.3 is 0 Å². The molecule has 2 nitrogen and oxygen atoms in total. The van der Waals surface area contributed by atoms with Crippen LogP contribution < -0.4 is 5.46 Å². The largest absolute Gasteiger partial charge is 0.507 e. The van der Waals surface area contributed by atoms with Gasteiger partial charge in [-0.3, -0.25) is 4.98 Å². The van der Waals surface area contributed by atoms with Crippen molar-refractivity contribution in [3.63, 3.8) is 0 Å². The molecule has 0 amide bonds. The van der Waals surface area contributed by atoms with Gasteiger partial charge < -0.3 is 5.11 Å². The van der Waals surface area contributed by atoms with Crippen LogP contribution in [0.15, 0.2) is 16.9 Å². The van der Waals surface area contributed by atoms with Gasteiger partial charge in [-0.25, -0.2) is 0 Å². The van der Waals surface area contributed by atoms with E-state index in [1.54, 1.807) is 20.2 Å². The predicted molar refractivity (Wildman–Crippen MR) is 41.8 cm³/mol. The van der Waals surface area contributed by atoms with E-state index in [4.69, 9.17) is 5.11 Å². The van der Waals surface area contributed by atoms with Gasteiger partial charge in [-0.05, 0) is 21.4 Å². The van der Waals surface area contributed by atoms with Crippen molar-refractivity contribution in [2.45, 2.75) is 0 Å². The summed E-state index contributed by atoms with van der Waals surface area (Å²) in [5.41, 5.74) is 0.782.